The van der Waals surface area contributed by atoms with Crippen molar-refractivity contribution < 1.29 is 28.5 Å². The highest BCUT2D eigenvalue weighted by atomic mass is 16.5. The lowest BCUT2D eigenvalue weighted by Gasteiger charge is -2.15. The lowest BCUT2D eigenvalue weighted by atomic mass is 10.0. The Bertz CT molecular complexity index is 1240. The lowest BCUT2D eigenvalue weighted by Crippen LogP contribution is -2.15. The number of Topliss-reactive ketones (excluding diaryl/α,β-unsaturated/α-hetero) is 2. The van der Waals surface area contributed by atoms with Gasteiger partial charge in [0.1, 0.15) is 0 Å². The highest BCUT2D eigenvalue weighted by molar-refractivity contribution is 6.49. The van der Waals surface area contributed by atoms with Gasteiger partial charge in [0.15, 0.2) is 23.0 Å². The first kappa shape index (κ1) is 53.1. The molecule has 6 heteroatoms. The van der Waals surface area contributed by atoms with E-state index < -0.39 is 11.6 Å². The van der Waals surface area contributed by atoms with Crippen molar-refractivity contribution in [1.29, 1.82) is 0 Å². The zero-order valence-corrected chi connectivity index (χ0v) is 39.4. The van der Waals surface area contributed by atoms with E-state index in [1.54, 1.807) is 36.4 Å². The van der Waals surface area contributed by atoms with Crippen molar-refractivity contribution in [3.8, 4) is 23.0 Å². The Labute approximate surface area is 369 Å². The van der Waals surface area contributed by atoms with E-state index in [1.807, 2.05) is 0 Å². The molecule has 0 aromatic heterocycles. The fourth-order valence-electron chi connectivity index (χ4n) is 7.70. The van der Waals surface area contributed by atoms with Crippen molar-refractivity contribution in [3.63, 3.8) is 0 Å². The van der Waals surface area contributed by atoms with Crippen molar-refractivity contribution in [1.82, 2.24) is 0 Å². The van der Waals surface area contributed by atoms with Crippen molar-refractivity contribution in [2.75, 3.05) is 26.4 Å². The minimum Gasteiger partial charge on any atom is -0.490 e. The molecule has 0 unspecified atom stereocenters. The summed E-state index contributed by atoms with van der Waals surface area (Å²) in [6.45, 7) is 11.3. The number of hydrogen-bond donors (Lipinski definition) is 0. The average molecular weight is 835 g/mol. The molecule has 0 saturated heterocycles. The average Bonchev–Trinajstić information content (AvgIpc) is 3.26. The monoisotopic (exact) mass is 835 g/mol. The highest BCUT2D eigenvalue weighted by Gasteiger charge is 2.22. The van der Waals surface area contributed by atoms with Gasteiger partial charge in [-0.2, -0.15) is 0 Å². The van der Waals surface area contributed by atoms with E-state index in [9.17, 15) is 9.59 Å². The van der Waals surface area contributed by atoms with Crippen LogP contribution in [0.4, 0.5) is 0 Å². The molecule has 0 heterocycles. The molecule has 6 nitrogen and oxygen atoms in total. The third kappa shape index (κ3) is 25.7. The van der Waals surface area contributed by atoms with Crippen LogP contribution in [0, 0.1) is 0 Å². The second-order valence-corrected chi connectivity index (χ2v) is 17.3. The molecule has 0 aliphatic rings. The number of benzene rings is 2. The van der Waals surface area contributed by atoms with Gasteiger partial charge < -0.3 is 18.9 Å². The number of ether oxygens (including phenoxy) is 4. The topological polar surface area (TPSA) is 71.1 Å². The molecule has 2 aromatic rings. The molecule has 342 valence electrons. The number of hydrogen-bond acceptors (Lipinski definition) is 6. The first-order chi connectivity index (χ1) is 29.5. The van der Waals surface area contributed by atoms with Gasteiger partial charge in [-0.25, -0.2) is 0 Å². The Kier molecular flexibility index (Phi) is 33.4. The Morgan fingerprint density at radius 3 is 0.767 bits per heavy atom. The zero-order valence-electron chi connectivity index (χ0n) is 39.4. The molecule has 0 fully saturated rings. The normalized spacial score (nSPS) is 11.2. The standard InChI is InChI=1S/C54H90O6/c1-5-9-13-17-21-25-29-33-41-57-49-39-37-47(45-51(49)59-43-35-31-27-23-19-15-11-7-3)53(55)54(56)48-38-40-50(58-42-34-30-26-22-18-14-10-6-2)52(46-48)60-44-36-32-28-24-20-16-12-8-4/h37-40,45-46H,5-36,41-44H2,1-4H3. The molecule has 0 bridgehead atoms. The molecule has 0 aliphatic heterocycles. The van der Waals surface area contributed by atoms with Crippen molar-refractivity contribution in [2.45, 2.75) is 233 Å². The van der Waals surface area contributed by atoms with E-state index in [4.69, 9.17) is 18.9 Å². The van der Waals surface area contributed by atoms with Gasteiger partial charge in [-0.1, -0.05) is 207 Å². The van der Waals surface area contributed by atoms with E-state index in [0.717, 1.165) is 51.4 Å². The SMILES string of the molecule is CCCCCCCCCCOc1ccc(C(=O)C(=O)c2ccc(OCCCCCCCCCC)c(OCCCCCCCCCC)c2)cc1OCCCCCCCCCC. The highest BCUT2D eigenvalue weighted by Crippen LogP contribution is 2.32. The fraction of sp³-hybridized carbons (Fsp3) is 0.741. The number of carbonyl (C=O) groups is 2. The molecule has 0 atom stereocenters. The predicted molar refractivity (Wildman–Crippen MR) is 254 cm³/mol. The third-order valence-corrected chi connectivity index (χ3v) is 11.6. The molecule has 0 amide bonds. The molecule has 0 N–H and O–H groups in total. The Morgan fingerprint density at radius 2 is 0.517 bits per heavy atom. The molecule has 60 heavy (non-hydrogen) atoms. The zero-order chi connectivity index (χ0) is 43.1. The number of rotatable bonds is 43. The van der Waals surface area contributed by atoms with E-state index in [2.05, 4.69) is 27.7 Å². The summed E-state index contributed by atoms with van der Waals surface area (Å²) < 4.78 is 25.0. The largest absolute Gasteiger partial charge is 0.490 e. The van der Waals surface area contributed by atoms with Crippen LogP contribution in [-0.4, -0.2) is 38.0 Å². The Hall–Kier alpha value is -3.02. The fourth-order valence-corrected chi connectivity index (χ4v) is 7.70. The first-order valence-electron chi connectivity index (χ1n) is 25.4. The molecular weight excluding hydrogens is 745 g/mol. The maximum atomic E-state index is 13.8. The maximum Gasteiger partial charge on any atom is 0.233 e. The molecule has 2 aromatic carbocycles. The van der Waals surface area contributed by atoms with Crippen molar-refractivity contribution in [2.24, 2.45) is 0 Å². The molecule has 0 aliphatic carbocycles. The summed E-state index contributed by atoms with van der Waals surface area (Å²) in [5.41, 5.74) is 0.614. The van der Waals surface area contributed by atoms with Gasteiger partial charge >= 0.3 is 0 Å². The van der Waals surface area contributed by atoms with Gasteiger partial charge in [0.05, 0.1) is 26.4 Å². The van der Waals surface area contributed by atoms with Crippen LogP contribution in [0.15, 0.2) is 36.4 Å². The lowest BCUT2D eigenvalue weighted by molar-refractivity contribution is 0.0816. The summed E-state index contributed by atoms with van der Waals surface area (Å²) >= 11 is 0. The van der Waals surface area contributed by atoms with Crippen LogP contribution in [0.3, 0.4) is 0 Å². The molecular formula is C54H90O6. The van der Waals surface area contributed by atoms with Crippen LogP contribution < -0.4 is 18.9 Å². The number of carbonyl (C=O) groups excluding carboxylic acids is 2. The summed E-state index contributed by atoms with van der Waals surface area (Å²) in [6, 6.07) is 10.4. The van der Waals surface area contributed by atoms with Gasteiger partial charge in [-0.15, -0.1) is 0 Å². The van der Waals surface area contributed by atoms with Crippen molar-refractivity contribution in [3.05, 3.63) is 47.5 Å². The summed E-state index contributed by atoms with van der Waals surface area (Å²) in [5, 5.41) is 0. The van der Waals surface area contributed by atoms with E-state index in [-0.39, 0.29) is 0 Å². The second kappa shape index (κ2) is 37.7. The van der Waals surface area contributed by atoms with Gasteiger partial charge in [0, 0.05) is 11.1 Å². The van der Waals surface area contributed by atoms with Gasteiger partial charge in [0.2, 0.25) is 11.6 Å². The summed E-state index contributed by atoms with van der Waals surface area (Å²) in [6.07, 6.45) is 39.1. The van der Waals surface area contributed by atoms with Crippen LogP contribution in [0.2, 0.25) is 0 Å². The quantitative estimate of drug-likeness (QED) is 0.0376. The Morgan fingerprint density at radius 1 is 0.300 bits per heavy atom. The summed E-state index contributed by atoms with van der Waals surface area (Å²) in [5.74, 6) is 1.21. The molecule has 2 rings (SSSR count). The second-order valence-electron chi connectivity index (χ2n) is 17.3. The van der Waals surface area contributed by atoms with Crippen LogP contribution in [0.25, 0.3) is 0 Å². The predicted octanol–water partition coefficient (Wildman–Crippen LogP) is 16.8. The minimum absolute atomic E-state index is 0.307. The van der Waals surface area contributed by atoms with Crippen LogP contribution in [-0.2, 0) is 0 Å². The van der Waals surface area contributed by atoms with Crippen LogP contribution in [0.1, 0.15) is 254 Å². The van der Waals surface area contributed by atoms with Gasteiger partial charge in [0.25, 0.3) is 0 Å². The maximum absolute atomic E-state index is 13.8. The number of ketones is 2. The van der Waals surface area contributed by atoms with E-state index in [0.29, 0.717) is 60.6 Å². The first-order valence-corrected chi connectivity index (χ1v) is 25.4. The van der Waals surface area contributed by atoms with Crippen LogP contribution >= 0.6 is 0 Å². The van der Waals surface area contributed by atoms with Crippen LogP contribution in [0.5, 0.6) is 23.0 Å². The Balaban J connectivity index is 2.09. The van der Waals surface area contributed by atoms with Gasteiger partial charge in [-0.05, 0) is 62.1 Å². The molecule has 0 saturated carbocycles. The summed E-state index contributed by atoms with van der Waals surface area (Å²) in [7, 11) is 0. The van der Waals surface area contributed by atoms with Gasteiger partial charge in [-0.3, -0.25) is 9.59 Å². The van der Waals surface area contributed by atoms with E-state index >= 15 is 0 Å². The third-order valence-electron chi connectivity index (χ3n) is 11.6. The minimum atomic E-state index is -0.566. The molecule has 0 radical (unpaired) electrons. The molecule has 0 spiro atoms. The van der Waals surface area contributed by atoms with E-state index in [1.165, 1.54) is 154 Å². The number of unbranched alkanes of at least 4 members (excludes halogenated alkanes) is 28. The van der Waals surface area contributed by atoms with Crippen molar-refractivity contribution >= 4 is 11.6 Å². The summed E-state index contributed by atoms with van der Waals surface area (Å²) in [4.78, 5) is 27.6. The smallest absolute Gasteiger partial charge is 0.233 e.